The highest BCUT2D eigenvalue weighted by Gasteiger charge is 2.25. The Labute approximate surface area is 194 Å². The van der Waals surface area contributed by atoms with Gasteiger partial charge < -0.3 is 14.2 Å². The number of ether oxygens (including phenoxy) is 3. The monoisotopic (exact) mass is 464 g/mol. The molecule has 0 unspecified atom stereocenters. The molecule has 7 nitrogen and oxygen atoms in total. The summed E-state index contributed by atoms with van der Waals surface area (Å²) in [6, 6.07) is 20.2. The van der Waals surface area contributed by atoms with E-state index in [1.807, 2.05) is 61.5 Å². The molecular formula is C24H21FN4O3S. The summed E-state index contributed by atoms with van der Waals surface area (Å²) in [7, 11) is 0. The van der Waals surface area contributed by atoms with Gasteiger partial charge >= 0.3 is 0 Å². The number of thioether (sulfide) groups is 1. The summed E-state index contributed by atoms with van der Waals surface area (Å²) < 4.78 is 33.7. The largest absolute Gasteiger partial charge is 0.492 e. The Hall–Kier alpha value is -3.43. The van der Waals surface area contributed by atoms with E-state index in [4.69, 9.17) is 14.2 Å². The van der Waals surface area contributed by atoms with Gasteiger partial charge in [-0.05, 0) is 41.6 Å². The maximum Gasteiger partial charge on any atom is 0.227 e. The lowest BCUT2D eigenvalue weighted by Gasteiger charge is -2.28. The molecule has 3 aromatic carbocycles. The third-order valence-corrected chi connectivity index (χ3v) is 6.05. The van der Waals surface area contributed by atoms with Crippen LogP contribution in [0, 0.1) is 5.82 Å². The average molecular weight is 465 g/mol. The molecule has 0 radical (unpaired) electrons. The SMILES string of the molecule is CCOc1ccccc1-n1nnnc1SCc1cc(F)cc2c1O[C@@H](c1ccccc1)OC2. The van der Waals surface area contributed by atoms with Crippen LogP contribution >= 0.6 is 11.8 Å². The van der Waals surface area contributed by atoms with Crippen LogP contribution in [0.2, 0.25) is 0 Å². The van der Waals surface area contributed by atoms with E-state index in [0.717, 1.165) is 11.3 Å². The van der Waals surface area contributed by atoms with Crippen molar-refractivity contribution in [2.45, 2.75) is 30.7 Å². The molecule has 2 heterocycles. The fourth-order valence-electron chi connectivity index (χ4n) is 3.63. The summed E-state index contributed by atoms with van der Waals surface area (Å²) >= 11 is 1.39. The predicted molar refractivity (Wildman–Crippen MR) is 121 cm³/mol. The van der Waals surface area contributed by atoms with Crippen LogP contribution in [-0.2, 0) is 17.1 Å². The van der Waals surface area contributed by atoms with Crippen molar-refractivity contribution >= 4 is 11.8 Å². The second-order valence-electron chi connectivity index (χ2n) is 7.29. The van der Waals surface area contributed by atoms with Gasteiger partial charge in [0.15, 0.2) is 0 Å². The fraction of sp³-hybridized carbons (Fsp3) is 0.208. The highest BCUT2D eigenvalue weighted by Crippen LogP contribution is 2.39. The first-order chi connectivity index (χ1) is 16.2. The Kier molecular flexibility index (Phi) is 6.23. The molecule has 0 N–H and O–H groups in total. The van der Waals surface area contributed by atoms with Crippen molar-refractivity contribution in [1.82, 2.24) is 20.2 Å². The Morgan fingerprint density at radius 2 is 1.94 bits per heavy atom. The van der Waals surface area contributed by atoms with E-state index >= 15 is 0 Å². The first-order valence-corrected chi connectivity index (χ1v) is 11.5. The van der Waals surface area contributed by atoms with Crippen molar-refractivity contribution in [2.75, 3.05) is 6.61 Å². The number of nitrogens with zero attached hydrogens (tertiary/aromatic N) is 4. The van der Waals surface area contributed by atoms with Crippen molar-refractivity contribution in [3.8, 4) is 17.2 Å². The van der Waals surface area contributed by atoms with Gasteiger partial charge in [0.05, 0.1) is 13.2 Å². The number of para-hydroxylation sites is 2. The maximum absolute atomic E-state index is 14.3. The van der Waals surface area contributed by atoms with Gasteiger partial charge in [-0.25, -0.2) is 4.39 Å². The number of benzene rings is 3. The van der Waals surface area contributed by atoms with Gasteiger partial charge in [0.2, 0.25) is 11.4 Å². The molecule has 168 valence electrons. The molecule has 0 bridgehead atoms. The van der Waals surface area contributed by atoms with Crippen molar-refractivity contribution in [2.24, 2.45) is 0 Å². The number of hydrogen-bond acceptors (Lipinski definition) is 7. The van der Waals surface area contributed by atoms with E-state index in [9.17, 15) is 4.39 Å². The van der Waals surface area contributed by atoms with Crippen molar-refractivity contribution in [3.63, 3.8) is 0 Å². The molecule has 0 amide bonds. The van der Waals surface area contributed by atoms with E-state index in [1.165, 1.54) is 23.9 Å². The molecule has 0 saturated carbocycles. The van der Waals surface area contributed by atoms with Crippen LogP contribution in [0.4, 0.5) is 4.39 Å². The number of hydrogen-bond donors (Lipinski definition) is 0. The summed E-state index contributed by atoms with van der Waals surface area (Å²) in [6.45, 7) is 2.72. The van der Waals surface area contributed by atoms with Crippen LogP contribution in [-0.4, -0.2) is 26.8 Å². The van der Waals surface area contributed by atoms with Gasteiger partial charge in [-0.2, -0.15) is 4.68 Å². The summed E-state index contributed by atoms with van der Waals surface area (Å²) in [6.07, 6.45) is -0.545. The quantitative estimate of drug-likeness (QED) is 0.352. The minimum absolute atomic E-state index is 0.268. The van der Waals surface area contributed by atoms with Crippen molar-refractivity contribution in [3.05, 3.63) is 89.2 Å². The van der Waals surface area contributed by atoms with Gasteiger partial charge in [0, 0.05) is 22.4 Å². The summed E-state index contributed by atoms with van der Waals surface area (Å²) in [4.78, 5) is 0. The zero-order valence-corrected chi connectivity index (χ0v) is 18.7. The molecule has 1 atom stereocenters. The first kappa shape index (κ1) is 21.4. The number of halogens is 1. The van der Waals surface area contributed by atoms with Crippen LogP contribution < -0.4 is 9.47 Å². The smallest absolute Gasteiger partial charge is 0.227 e. The number of fused-ring (bicyclic) bond motifs is 1. The molecule has 0 spiro atoms. The third kappa shape index (κ3) is 4.55. The van der Waals surface area contributed by atoms with Crippen LogP contribution in [0.25, 0.3) is 5.69 Å². The second kappa shape index (κ2) is 9.60. The standard InChI is InChI=1S/C24H21FN4O3S/c1-2-30-21-11-7-6-10-20(21)29-24(26-27-28-29)33-15-18-13-19(25)12-17-14-31-23(32-22(17)18)16-8-4-3-5-9-16/h3-13,23H,2,14-15H2,1H3/t23-/m0/s1. The Balaban J connectivity index is 1.40. The zero-order valence-electron chi connectivity index (χ0n) is 17.8. The maximum atomic E-state index is 14.3. The van der Waals surface area contributed by atoms with Gasteiger partial charge in [0.25, 0.3) is 0 Å². The lowest BCUT2D eigenvalue weighted by Crippen LogP contribution is -2.19. The van der Waals surface area contributed by atoms with Gasteiger partial charge in [0.1, 0.15) is 23.0 Å². The molecule has 9 heteroatoms. The lowest BCUT2D eigenvalue weighted by atomic mass is 10.1. The van der Waals surface area contributed by atoms with Crippen molar-refractivity contribution < 1.29 is 18.6 Å². The van der Waals surface area contributed by atoms with E-state index in [1.54, 1.807) is 4.68 Å². The Bertz CT molecular complexity index is 1250. The minimum atomic E-state index is -0.545. The predicted octanol–water partition coefficient (Wildman–Crippen LogP) is 5.10. The molecule has 0 saturated heterocycles. The molecule has 1 aliphatic rings. The summed E-state index contributed by atoms with van der Waals surface area (Å²) in [5.41, 5.74) is 3.04. The molecule has 1 aromatic heterocycles. The summed E-state index contributed by atoms with van der Waals surface area (Å²) in [5, 5.41) is 12.7. The highest BCUT2D eigenvalue weighted by atomic mass is 32.2. The molecule has 0 aliphatic carbocycles. The lowest BCUT2D eigenvalue weighted by molar-refractivity contribution is -0.112. The van der Waals surface area contributed by atoms with Crippen LogP contribution in [0.1, 0.15) is 29.9 Å². The molecular weight excluding hydrogens is 443 g/mol. The second-order valence-corrected chi connectivity index (χ2v) is 8.23. The number of aromatic nitrogens is 4. The first-order valence-electron chi connectivity index (χ1n) is 10.5. The third-order valence-electron chi connectivity index (χ3n) is 5.09. The average Bonchev–Trinajstić information content (AvgIpc) is 3.32. The van der Waals surface area contributed by atoms with Crippen LogP contribution in [0.5, 0.6) is 11.5 Å². The molecule has 4 aromatic rings. The van der Waals surface area contributed by atoms with E-state index in [0.29, 0.717) is 40.1 Å². The van der Waals surface area contributed by atoms with Crippen molar-refractivity contribution in [1.29, 1.82) is 0 Å². The van der Waals surface area contributed by atoms with Gasteiger partial charge in [-0.1, -0.05) is 54.2 Å². The molecule has 33 heavy (non-hydrogen) atoms. The molecule has 0 fully saturated rings. The minimum Gasteiger partial charge on any atom is -0.492 e. The Morgan fingerprint density at radius 3 is 2.79 bits per heavy atom. The van der Waals surface area contributed by atoms with E-state index in [2.05, 4.69) is 15.5 Å². The van der Waals surface area contributed by atoms with Crippen LogP contribution in [0.3, 0.4) is 0 Å². The van der Waals surface area contributed by atoms with Gasteiger partial charge in [-0.3, -0.25) is 0 Å². The molecule has 1 aliphatic heterocycles. The van der Waals surface area contributed by atoms with Gasteiger partial charge in [-0.15, -0.1) is 5.10 Å². The topological polar surface area (TPSA) is 71.3 Å². The fourth-order valence-corrected chi connectivity index (χ4v) is 4.48. The van der Waals surface area contributed by atoms with E-state index in [-0.39, 0.29) is 12.4 Å². The van der Waals surface area contributed by atoms with E-state index < -0.39 is 6.29 Å². The Morgan fingerprint density at radius 1 is 1.12 bits per heavy atom. The molecule has 5 rings (SSSR count). The number of rotatable bonds is 7. The highest BCUT2D eigenvalue weighted by molar-refractivity contribution is 7.98. The van der Waals surface area contributed by atoms with Crippen LogP contribution in [0.15, 0.2) is 71.9 Å². The summed E-state index contributed by atoms with van der Waals surface area (Å²) in [5.74, 6) is 1.40. The normalized spacial score (nSPS) is 15.0. The number of tetrazole rings is 1. The zero-order chi connectivity index (χ0) is 22.6.